The Balaban J connectivity index is 1.81. The van der Waals surface area contributed by atoms with Crippen LogP contribution in [0.2, 0.25) is 0 Å². The van der Waals surface area contributed by atoms with Crippen molar-refractivity contribution in [3.8, 4) is 0 Å². The quantitative estimate of drug-likeness (QED) is 0.907. The first-order valence-electron chi connectivity index (χ1n) is 7.66. The summed E-state index contributed by atoms with van der Waals surface area (Å²) >= 11 is 1.84. The summed E-state index contributed by atoms with van der Waals surface area (Å²) in [7, 11) is 0. The maximum absolute atomic E-state index is 12.4. The SMILES string of the molecule is Cc1ccc(CCCC(=O)N2CCC[C@H](C)[C@H]2CN)s1. The summed E-state index contributed by atoms with van der Waals surface area (Å²) in [6, 6.07) is 4.58. The molecule has 0 aromatic carbocycles. The molecule has 0 spiro atoms. The molecule has 0 aliphatic carbocycles. The summed E-state index contributed by atoms with van der Waals surface area (Å²) in [5.41, 5.74) is 5.85. The number of nitrogens with two attached hydrogens (primary N) is 1. The van der Waals surface area contributed by atoms with Gasteiger partial charge in [-0.3, -0.25) is 4.79 Å². The highest BCUT2D eigenvalue weighted by molar-refractivity contribution is 7.11. The molecule has 112 valence electrons. The molecule has 3 nitrogen and oxygen atoms in total. The number of aryl methyl sites for hydroxylation is 2. The molecule has 0 unspecified atom stereocenters. The number of carbonyl (C=O) groups excluding carboxylic acids is 1. The van der Waals surface area contributed by atoms with Gasteiger partial charge in [0.1, 0.15) is 0 Å². The highest BCUT2D eigenvalue weighted by Crippen LogP contribution is 2.24. The first-order valence-corrected chi connectivity index (χ1v) is 8.48. The number of amides is 1. The lowest BCUT2D eigenvalue weighted by Gasteiger charge is -2.39. The zero-order valence-electron chi connectivity index (χ0n) is 12.6. The maximum atomic E-state index is 12.4. The molecule has 0 radical (unpaired) electrons. The smallest absolute Gasteiger partial charge is 0.222 e. The Morgan fingerprint density at radius 2 is 2.30 bits per heavy atom. The fraction of sp³-hybridized carbons (Fsp3) is 0.688. The number of rotatable bonds is 5. The Labute approximate surface area is 126 Å². The van der Waals surface area contributed by atoms with Crippen LogP contribution in [0.25, 0.3) is 0 Å². The van der Waals surface area contributed by atoms with Crippen LogP contribution in [0, 0.1) is 12.8 Å². The van der Waals surface area contributed by atoms with Gasteiger partial charge in [-0.15, -0.1) is 11.3 Å². The predicted octanol–water partition coefficient (Wildman–Crippen LogP) is 2.97. The lowest BCUT2D eigenvalue weighted by molar-refractivity contribution is -0.136. The lowest BCUT2D eigenvalue weighted by atomic mass is 9.90. The van der Waals surface area contributed by atoms with Crippen molar-refractivity contribution in [1.82, 2.24) is 4.90 Å². The van der Waals surface area contributed by atoms with Crippen LogP contribution in [-0.4, -0.2) is 29.9 Å². The third kappa shape index (κ3) is 3.83. The Bertz CT molecular complexity index is 443. The molecule has 0 saturated carbocycles. The molecular formula is C16H26N2OS. The molecule has 2 heterocycles. The van der Waals surface area contributed by atoms with Gasteiger partial charge in [-0.1, -0.05) is 6.92 Å². The van der Waals surface area contributed by atoms with Crippen molar-refractivity contribution >= 4 is 17.2 Å². The molecule has 1 amide bonds. The Hall–Kier alpha value is -0.870. The first-order chi connectivity index (χ1) is 9.61. The number of piperidine rings is 1. The molecule has 1 aliphatic heterocycles. The second-order valence-electron chi connectivity index (χ2n) is 5.88. The minimum Gasteiger partial charge on any atom is -0.338 e. The van der Waals surface area contributed by atoms with E-state index in [9.17, 15) is 4.79 Å². The van der Waals surface area contributed by atoms with Crippen molar-refractivity contribution in [2.24, 2.45) is 11.7 Å². The summed E-state index contributed by atoms with van der Waals surface area (Å²) in [5, 5.41) is 0. The molecule has 2 atom stereocenters. The Morgan fingerprint density at radius 3 is 2.95 bits per heavy atom. The molecule has 1 aromatic rings. The van der Waals surface area contributed by atoms with Gasteiger partial charge in [0.2, 0.25) is 5.91 Å². The van der Waals surface area contributed by atoms with Gasteiger partial charge in [-0.25, -0.2) is 0 Å². The minimum atomic E-state index is 0.250. The van der Waals surface area contributed by atoms with Crippen LogP contribution in [0.1, 0.15) is 42.4 Å². The van der Waals surface area contributed by atoms with Gasteiger partial charge in [0, 0.05) is 35.3 Å². The normalized spacial score (nSPS) is 23.1. The summed E-state index contributed by atoms with van der Waals surface area (Å²) in [5.74, 6) is 0.831. The summed E-state index contributed by atoms with van der Waals surface area (Å²) < 4.78 is 0. The van der Waals surface area contributed by atoms with E-state index in [0.717, 1.165) is 25.8 Å². The molecule has 2 N–H and O–H groups in total. The van der Waals surface area contributed by atoms with Gasteiger partial charge < -0.3 is 10.6 Å². The van der Waals surface area contributed by atoms with Crippen molar-refractivity contribution in [3.63, 3.8) is 0 Å². The van der Waals surface area contributed by atoms with Crippen molar-refractivity contribution in [3.05, 3.63) is 21.9 Å². The molecule has 1 saturated heterocycles. The van der Waals surface area contributed by atoms with Gasteiger partial charge in [-0.05, 0) is 50.7 Å². The fourth-order valence-electron chi connectivity index (χ4n) is 3.10. The van der Waals surface area contributed by atoms with E-state index >= 15 is 0 Å². The second-order valence-corrected chi connectivity index (χ2v) is 7.25. The van der Waals surface area contributed by atoms with E-state index in [0.29, 0.717) is 24.8 Å². The Morgan fingerprint density at radius 1 is 1.50 bits per heavy atom. The van der Waals surface area contributed by atoms with Crippen LogP contribution >= 0.6 is 11.3 Å². The van der Waals surface area contributed by atoms with Gasteiger partial charge in [0.05, 0.1) is 0 Å². The van der Waals surface area contributed by atoms with E-state index in [-0.39, 0.29) is 6.04 Å². The van der Waals surface area contributed by atoms with E-state index < -0.39 is 0 Å². The lowest BCUT2D eigenvalue weighted by Crippen LogP contribution is -2.51. The summed E-state index contributed by atoms with van der Waals surface area (Å²) in [6.45, 7) is 5.83. The second kappa shape index (κ2) is 7.23. The molecule has 20 heavy (non-hydrogen) atoms. The number of hydrogen-bond acceptors (Lipinski definition) is 3. The third-order valence-corrected chi connectivity index (χ3v) is 5.35. The van der Waals surface area contributed by atoms with E-state index in [2.05, 4.69) is 26.0 Å². The van der Waals surface area contributed by atoms with E-state index in [1.165, 1.54) is 16.2 Å². The molecule has 1 aliphatic rings. The fourth-order valence-corrected chi connectivity index (χ4v) is 4.03. The van der Waals surface area contributed by atoms with Gasteiger partial charge in [0.25, 0.3) is 0 Å². The average molecular weight is 294 g/mol. The predicted molar refractivity (Wildman–Crippen MR) is 84.9 cm³/mol. The molecule has 1 aromatic heterocycles. The van der Waals surface area contributed by atoms with E-state index in [4.69, 9.17) is 5.73 Å². The minimum absolute atomic E-state index is 0.250. The van der Waals surface area contributed by atoms with Gasteiger partial charge >= 0.3 is 0 Å². The summed E-state index contributed by atoms with van der Waals surface area (Å²) in [6.07, 6.45) is 4.93. The number of hydrogen-bond donors (Lipinski definition) is 1. The molecule has 2 rings (SSSR count). The van der Waals surface area contributed by atoms with Crippen LogP contribution < -0.4 is 5.73 Å². The van der Waals surface area contributed by atoms with Gasteiger partial charge in [-0.2, -0.15) is 0 Å². The van der Waals surface area contributed by atoms with Crippen LogP contribution in [0.3, 0.4) is 0 Å². The molecule has 1 fully saturated rings. The van der Waals surface area contributed by atoms with Gasteiger partial charge in [0.15, 0.2) is 0 Å². The highest BCUT2D eigenvalue weighted by Gasteiger charge is 2.30. The first kappa shape index (κ1) is 15.5. The standard InChI is InChI=1S/C16H26N2OS/c1-12-5-4-10-18(15(12)11-17)16(19)7-3-6-14-9-8-13(2)20-14/h8-9,12,15H,3-7,10-11,17H2,1-2H3/t12-,15+/m0/s1. The molecule has 4 heteroatoms. The molecule has 0 bridgehead atoms. The summed E-state index contributed by atoms with van der Waals surface area (Å²) in [4.78, 5) is 17.2. The average Bonchev–Trinajstić information content (AvgIpc) is 2.84. The van der Waals surface area contributed by atoms with Crippen molar-refractivity contribution in [2.75, 3.05) is 13.1 Å². The Kier molecular flexibility index (Phi) is 5.61. The van der Waals surface area contributed by atoms with E-state index in [1.807, 2.05) is 16.2 Å². The van der Waals surface area contributed by atoms with Crippen LogP contribution in [0.5, 0.6) is 0 Å². The van der Waals surface area contributed by atoms with Crippen molar-refractivity contribution < 1.29 is 4.79 Å². The zero-order valence-corrected chi connectivity index (χ0v) is 13.4. The van der Waals surface area contributed by atoms with E-state index in [1.54, 1.807) is 0 Å². The number of nitrogens with zero attached hydrogens (tertiary/aromatic N) is 1. The molecular weight excluding hydrogens is 268 g/mol. The van der Waals surface area contributed by atoms with Crippen LogP contribution in [0.4, 0.5) is 0 Å². The van der Waals surface area contributed by atoms with Crippen molar-refractivity contribution in [1.29, 1.82) is 0 Å². The largest absolute Gasteiger partial charge is 0.338 e. The third-order valence-electron chi connectivity index (χ3n) is 4.29. The topological polar surface area (TPSA) is 46.3 Å². The number of likely N-dealkylation sites (tertiary alicyclic amines) is 1. The van der Waals surface area contributed by atoms with Crippen LogP contribution in [0.15, 0.2) is 12.1 Å². The van der Waals surface area contributed by atoms with Crippen molar-refractivity contribution in [2.45, 2.75) is 52.0 Å². The highest BCUT2D eigenvalue weighted by atomic mass is 32.1. The van der Waals surface area contributed by atoms with Crippen LogP contribution in [-0.2, 0) is 11.2 Å². The number of thiophene rings is 1. The zero-order chi connectivity index (χ0) is 14.5. The monoisotopic (exact) mass is 294 g/mol. The number of carbonyl (C=O) groups is 1. The maximum Gasteiger partial charge on any atom is 0.222 e.